The molecule has 1 aliphatic rings. The molecule has 0 aliphatic carbocycles. The van der Waals surface area contributed by atoms with Crippen LogP contribution in [-0.2, 0) is 4.79 Å². The minimum Gasteiger partial charge on any atom is -0.273 e. The van der Waals surface area contributed by atoms with Gasteiger partial charge in [-0.05, 0) is 24.6 Å². The van der Waals surface area contributed by atoms with Crippen LogP contribution in [0.5, 0.6) is 0 Å². The third kappa shape index (κ3) is 4.46. The number of rotatable bonds is 5. The number of thioether (sulfide) groups is 1. The first-order valence-corrected chi connectivity index (χ1v) is 6.14. The molecule has 0 saturated heterocycles. The summed E-state index contributed by atoms with van der Waals surface area (Å²) in [6.07, 6.45) is 4.48. The van der Waals surface area contributed by atoms with Gasteiger partial charge in [-0.2, -0.15) is 4.99 Å². The molecule has 1 heterocycles. The highest BCUT2D eigenvalue weighted by molar-refractivity contribution is 8.26. The molecule has 0 aromatic rings. The molecule has 1 radical (unpaired) electrons. The van der Waals surface area contributed by atoms with E-state index >= 15 is 0 Å². The van der Waals surface area contributed by atoms with Crippen LogP contribution in [0.15, 0.2) is 10.1 Å². The number of nitrogens with zero attached hydrogens (tertiary/aromatic N) is 3. The SMILES string of the molecule is CCCCCC(=O)N=C1[N]N=C(CC)S1. The van der Waals surface area contributed by atoms with Crippen molar-refractivity contribution in [3.05, 3.63) is 0 Å². The summed E-state index contributed by atoms with van der Waals surface area (Å²) in [5, 5.41) is 5.33. The van der Waals surface area contributed by atoms with E-state index in [1.165, 1.54) is 11.8 Å². The maximum absolute atomic E-state index is 11.4. The van der Waals surface area contributed by atoms with Gasteiger partial charge < -0.3 is 0 Å². The Morgan fingerprint density at radius 1 is 1.40 bits per heavy atom. The van der Waals surface area contributed by atoms with E-state index in [4.69, 9.17) is 0 Å². The van der Waals surface area contributed by atoms with Gasteiger partial charge in [-0.15, -0.1) is 10.5 Å². The number of hydrogen-bond acceptors (Lipinski definition) is 3. The lowest BCUT2D eigenvalue weighted by molar-refractivity contribution is -0.117. The van der Waals surface area contributed by atoms with Crippen LogP contribution in [0.1, 0.15) is 46.0 Å². The van der Waals surface area contributed by atoms with E-state index in [9.17, 15) is 4.79 Å². The molecule has 0 atom stereocenters. The summed E-state index contributed by atoms with van der Waals surface area (Å²) >= 11 is 1.39. The van der Waals surface area contributed by atoms with Gasteiger partial charge in [0.05, 0.1) is 0 Å². The van der Waals surface area contributed by atoms with Crippen molar-refractivity contribution in [3.63, 3.8) is 0 Å². The molecule has 15 heavy (non-hydrogen) atoms. The highest BCUT2D eigenvalue weighted by Gasteiger charge is 2.15. The number of hydrogen-bond donors (Lipinski definition) is 0. The van der Waals surface area contributed by atoms with Gasteiger partial charge in [-0.1, -0.05) is 26.7 Å². The van der Waals surface area contributed by atoms with Crippen LogP contribution in [0.25, 0.3) is 0 Å². The summed E-state index contributed by atoms with van der Waals surface area (Å²) in [5.41, 5.74) is 3.84. The second-order valence-electron chi connectivity index (χ2n) is 3.29. The highest BCUT2D eigenvalue weighted by Crippen LogP contribution is 2.16. The van der Waals surface area contributed by atoms with Crippen LogP contribution in [-0.4, -0.2) is 16.1 Å². The molecule has 1 aliphatic heterocycles. The second kappa shape index (κ2) is 6.61. The van der Waals surface area contributed by atoms with Gasteiger partial charge in [0, 0.05) is 6.42 Å². The summed E-state index contributed by atoms with van der Waals surface area (Å²) in [4.78, 5) is 15.3. The van der Waals surface area contributed by atoms with E-state index in [1.54, 1.807) is 0 Å². The Morgan fingerprint density at radius 2 is 2.20 bits per heavy atom. The standard InChI is InChI=1S/C10H16N3OS/c1-3-5-6-7-8(14)11-10-13-12-9(4-2)15-10/h3-7H2,1-2H3. The number of carbonyl (C=O) groups is 1. The molecule has 0 unspecified atom stereocenters. The molecule has 0 N–H and O–H groups in total. The summed E-state index contributed by atoms with van der Waals surface area (Å²) < 4.78 is 0. The zero-order chi connectivity index (χ0) is 11.1. The van der Waals surface area contributed by atoms with Crippen molar-refractivity contribution in [1.29, 1.82) is 0 Å². The molecule has 1 rings (SSSR count). The first-order valence-electron chi connectivity index (χ1n) is 5.33. The van der Waals surface area contributed by atoms with Gasteiger partial charge in [0.15, 0.2) is 0 Å². The third-order valence-electron chi connectivity index (χ3n) is 1.97. The monoisotopic (exact) mass is 226 g/mol. The van der Waals surface area contributed by atoms with Crippen molar-refractivity contribution in [2.75, 3.05) is 0 Å². The van der Waals surface area contributed by atoms with Gasteiger partial charge in [-0.25, -0.2) is 0 Å². The molecule has 0 bridgehead atoms. The molecule has 4 nitrogen and oxygen atoms in total. The lowest BCUT2D eigenvalue weighted by atomic mass is 10.2. The predicted octanol–water partition coefficient (Wildman–Crippen LogP) is 2.52. The Bertz CT molecular complexity index is 286. The van der Waals surface area contributed by atoms with Gasteiger partial charge in [-0.3, -0.25) is 4.79 Å². The van der Waals surface area contributed by atoms with Crippen LogP contribution in [0.4, 0.5) is 0 Å². The largest absolute Gasteiger partial charge is 0.273 e. The van der Waals surface area contributed by atoms with Crippen LogP contribution >= 0.6 is 11.8 Å². The van der Waals surface area contributed by atoms with Crippen LogP contribution in [0.2, 0.25) is 0 Å². The number of amides is 1. The van der Waals surface area contributed by atoms with Gasteiger partial charge >= 0.3 is 0 Å². The molecule has 0 spiro atoms. The molecule has 0 fully saturated rings. The van der Waals surface area contributed by atoms with E-state index in [0.29, 0.717) is 11.6 Å². The molecule has 0 aromatic heterocycles. The second-order valence-corrected chi connectivity index (χ2v) is 4.34. The highest BCUT2D eigenvalue weighted by atomic mass is 32.2. The van der Waals surface area contributed by atoms with Gasteiger partial charge in [0.1, 0.15) is 5.04 Å². The zero-order valence-corrected chi connectivity index (χ0v) is 10.0. The minimum atomic E-state index is -0.0812. The fourth-order valence-electron chi connectivity index (χ4n) is 1.12. The Kier molecular flexibility index (Phi) is 5.39. The average molecular weight is 226 g/mol. The number of amidine groups is 1. The number of carbonyl (C=O) groups excluding carboxylic acids is 1. The molecule has 5 heteroatoms. The summed E-state index contributed by atoms with van der Waals surface area (Å²) in [5.74, 6) is -0.0812. The van der Waals surface area contributed by atoms with Crippen LogP contribution < -0.4 is 5.43 Å². The van der Waals surface area contributed by atoms with E-state index in [-0.39, 0.29) is 5.91 Å². The number of unbranched alkanes of at least 4 members (excludes halogenated alkanes) is 2. The van der Waals surface area contributed by atoms with Crippen LogP contribution in [0.3, 0.4) is 0 Å². The van der Waals surface area contributed by atoms with E-state index < -0.39 is 0 Å². The summed E-state index contributed by atoms with van der Waals surface area (Å²) in [7, 11) is 0. The lowest BCUT2D eigenvalue weighted by Crippen LogP contribution is -2.04. The van der Waals surface area contributed by atoms with Crippen molar-refractivity contribution in [2.24, 2.45) is 10.1 Å². The Morgan fingerprint density at radius 3 is 2.80 bits per heavy atom. The molecule has 0 aromatic carbocycles. The van der Waals surface area contributed by atoms with E-state index in [1.807, 2.05) is 6.92 Å². The summed E-state index contributed by atoms with van der Waals surface area (Å²) in [6.45, 7) is 4.12. The molecule has 1 amide bonds. The first-order chi connectivity index (χ1) is 7.26. The van der Waals surface area contributed by atoms with E-state index in [0.717, 1.165) is 30.7 Å². The quantitative estimate of drug-likeness (QED) is 0.676. The average Bonchev–Trinajstić information content (AvgIpc) is 2.66. The first kappa shape index (κ1) is 12.2. The summed E-state index contributed by atoms with van der Waals surface area (Å²) in [6, 6.07) is 0. The normalized spacial score (nSPS) is 17.7. The topological polar surface area (TPSA) is 55.9 Å². The Labute approximate surface area is 94.6 Å². The maximum Gasteiger partial charge on any atom is 0.248 e. The minimum absolute atomic E-state index is 0.0812. The molecular weight excluding hydrogens is 210 g/mol. The third-order valence-corrected chi connectivity index (χ3v) is 2.93. The van der Waals surface area contributed by atoms with Crippen molar-refractivity contribution in [1.82, 2.24) is 5.43 Å². The number of aliphatic imine (C=N–C) groups is 1. The van der Waals surface area contributed by atoms with Gasteiger partial charge in [0.25, 0.3) is 0 Å². The lowest BCUT2D eigenvalue weighted by Gasteiger charge is -1.95. The van der Waals surface area contributed by atoms with Crippen LogP contribution in [0, 0.1) is 0 Å². The fourth-order valence-corrected chi connectivity index (χ4v) is 1.79. The zero-order valence-electron chi connectivity index (χ0n) is 9.19. The fraction of sp³-hybridized carbons (Fsp3) is 0.700. The van der Waals surface area contributed by atoms with Crippen molar-refractivity contribution in [2.45, 2.75) is 46.0 Å². The maximum atomic E-state index is 11.4. The van der Waals surface area contributed by atoms with Gasteiger partial charge in [0.2, 0.25) is 11.1 Å². The van der Waals surface area contributed by atoms with Crippen molar-refractivity contribution in [3.8, 4) is 0 Å². The molecule has 83 valence electrons. The smallest absolute Gasteiger partial charge is 0.248 e. The predicted molar refractivity (Wildman–Crippen MR) is 64.0 cm³/mol. The van der Waals surface area contributed by atoms with Crippen molar-refractivity contribution < 1.29 is 4.79 Å². The van der Waals surface area contributed by atoms with E-state index in [2.05, 4.69) is 22.4 Å². The Hall–Kier alpha value is -0.840. The van der Waals surface area contributed by atoms with Crippen molar-refractivity contribution >= 4 is 27.9 Å². The molecule has 0 saturated carbocycles. The Balaban J connectivity index is 2.29. The molecular formula is C10H16N3OS.